The highest BCUT2D eigenvalue weighted by Gasteiger charge is 2.18. The number of anilines is 1. The summed E-state index contributed by atoms with van der Waals surface area (Å²) in [5.41, 5.74) is 0.766. The molecule has 1 aromatic heterocycles. The standard InChI is InChI=1S/C16H15N3O3/c1-12(20)19(15-7-3-2-5-13(15)9-17)11-16(21)18-10-14-6-4-8-22-14/h2-8H,10-11H2,1H3,(H,18,21). The van der Waals surface area contributed by atoms with Crippen molar-refractivity contribution < 1.29 is 14.0 Å². The number of benzene rings is 1. The highest BCUT2D eigenvalue weighted by molar-refractivity contribution is 5.98. The molecule has 0 aliphatic heterocycles. The van der Waals surface area contributed by atoms with Crippen LogP contribution in [0.15, 0.2) is 47.1 Å². The second-order valence-electron chi connectivity index (χ2n) is 4.59. The zero-order chi connectivity index (χ0) is 15.9. The smallest absolute Gasteiger partial charge is 0.240 e. The SMILES string of the molecule is CC(=O)N(CC(=O)NCc1ccco1)c1ccccc1C#N. The van der Waals surface area contributed by atoms with E-state index in [0.29, 0.717) is 17.0 Å². The zero-order valence-electron chi connectivity index (χ0n) is 12.1. The summed E-state index contributed by atoms with van der Waals surface area (Å²) in [6.07, 6.45) is 1.52. The molecule has 0 spiro atoms. The van der Waals surface area contributed by atoms with Crippen LogP contribution in [0.1, 0.15) is 18.2 Å². The predicted octanol–water partition coefficient (Wildman–Crippen LogP) is 1.82. The van der Waals surface area contributed by atoms with E-state index in [1.54, 1.807) is 36.4 Å². The van der Waals surface area contributed by atoms with Crippen molar-refractivity contribution in [2.75, 3.05) is 11.4 Å². The Kier molecular flexibility index (Phi) is 4.94. The monoisotopic (exact) mass is 297 g/mol. The fourth-order valence-electron chi connectivity index (χ4n) is 1.97. The lowest BCUT2D eigenvalue weighted by Gasteiger charge is -2.21. The zero-order valence-corrected chi connectivity index (χ0v) is 12.1. The fourth-order valence-corrected chi connectivity index (χ4v) is 1.97. The minimum atomic E-state index is -0.334. The summed E-state index contributed by atoms with van der Waals surface area (Å²) in [6.45, 7) is 1.44. The summed E-state index contributed by atoms with van der Waals surface area (Å²) in [7, 11) is 0. The molecule has 112 valence electrons. The topological polar surface area (TPSA) is 86.3 Å². The molecule has 0 aliphatic rings. The number of amides is 2. The predicted molar refractivity (Wildman–Crippen MR) is 79.7 cm³/mol. The van der Waals surface area contributed by atoms with Crippen LogP contribution in [0.25, 0.3) is 0 Å². The first-order chi connectivity index (χ1) is 10.6. The van der Waals surface area contributed by atoms with E-state index in [1.807, 2.05) is 6.07 Å². The number of nitrogens with one attached hydrogen (secondary N) is 1. The van der Waals surface area contributed by atoms with Crippen LogP contribution in [0.4, 0.5) is 5.69 Å². The maximum absolute atomic E-state index is 12.0. The van der Waals surface area contributed by atoms with Crippen LogP contribution in [0.3, 0.4) is 0 Å². The third-order valence-corrected chi connectivity index (χ3v) is 3.04. The number of nitriles is 1. The van der Waals surface area contributed by atoms with E-state index in [-0.39, 0.29) is 24.9 Å². The van der Waals surface area contributed by atoms with Gasteiger partial charge in [0.05, 0.1) is 24.1 Å². The molecule has 0 radical (unpaired) electrons. The fraction of sp³-hybridized carbons (Fsp3) is 0.188. The third kappa shape index (κ3) is 3.73. The second kappa shape index (κ2) is 7.09. The summed E-state index contributed by atoms with van der Waals surface area (Å²) < 4.78 is 5.12. The molecule has 6 heteroatoms. The van der Waals surface area contributed by atoms with Crippen LogP contribution in [-0.4, -0.2) is 18.4 Å². The Morgan fingerprint density at radius 1 is 1.27 bits per heavy atom. The van der Waals surface area contributed by atoms with E-state index < -0.39 is 0 Å². The first kappa shape index (κ1) is 15.3. The summed E-state index contributed by atoms with van der Waals surface area (Å²) in [5, 5.41) is 11.8. The van der Waals surface area contributed by atoms with E-state index in [0.717, 1.165) is 0 Å². The molecule has 1 heterocycles. The first-order valence-corrected chi connectivity index (χ1v) is 6.68. The van der Waals surface area contributed by atoms with Crippen molar-refractivity contribution in [1.82, 2.24) is 5.32 Å². The number of rotatable bonds is 5. The average molecular weight is 297 g/mol. The van der Waals surface area contributed by atoms with E-state index in [2.05, 4.69) is 5.32 Å². The number of furan rings is 1. The van der Waals surface area contributed by atoms with Gasteiger partial charge >= 0.3 is 0 Å². The number of carbonyl (C=O) groups excluding carboxylic acids is 2. The van der Waals surface area contributed by atoms with E-state index in [4.69, 9.17) is 9.68 Å². The Bertz CT molecular complexity index is 702. The number of hydrogen-bond donors (Lipinski definition) is 1. The van der Waals surface area contributed by atoms with Gasteiger partial charge in [-0.3, -0.25) is 9.59 Å². The lowest BCUT2D eigenvalue weighted by Crippen LogP contribution is -2.39. The Balaban J connectivity index is 2.07. The molecule has 2 aromatic rings. The lowest BCUT2D eigenvalue weighted by molar-refractivity contribution is -0.123. The van der Waals surface area contributed by atoms with Gasteiger partial charge in [0.1, 0.15) is 18.4 Å². The maximum Gasteiger partial charge on any atom is 0.240 e. The van der Waals surface area contributed by atoms with Gasteiger partial charge in [-0.05, 0) is 24.3 Å². The van der Waals surface area contributed by atoms with Crippen molar-refractivity contribution in [2.45, 2.75) is 13.5 Å². The average Bonchev–Trinajstić information content (AvgIpc) is 3.03. The molecular weight excluding hydrogens is 282 g/mol. The van der Waals surface area contributed by atoms with Gasteiger partial charge in [-0.1, -0.05) is 12.1 Å². The molecule has 0 saturated heterocycles. The third-order valence-electron chi connectivity index (χ3n) is 3.04. The van der Waals surface area contributed by atoms with Crippen molar-refractivity contribution in [2.24, 2.45) is 0 Å². The molecule has 2 rings (SSSR count). The molecule has 0 saturated carbocycles. The molecule has 2 amide bonds. The van der Waals surface area contributed by atoms with Gasteiger partial charge in [-0.2, -0.15) is 5.26 Å². The van der Waals surface area contributed by atoms with Gasteiger partial charge in [-0.15, -0.1) is 0 Å². The number of para-hydroxylation sites is 1. The molecule has 1 N–H and O–H groups in total. The van der Waals surface area contributed by atoms with E-state index in [9.17, 15) is 9.59 Å². The largest absolute Gasteiger partial charge is 0.467 e. The molecule has 0 fully saturated rings. The lowest BCUT2D eigenvalue weighted by atomic mass is 10.1. The molecular formula is C16H15N3O3. The molecule has 6 nitrogen and oxygen atoms in total. The van der Waals surface area contributed by atoms with Crippen molar-refractivity contribution in [3.05, 3.63) is 54.0 Å². The second-order valence-corrected chi connectivity index (χ2v) is 4.59. The molecule has 1 aromatic carbocycles. The quantitative estimate of drug-likeness (QED) is 0.912. The van der Waals surface area contributed by atoms with Gasteiger partial charge in [-0.25, -0.2) is 0 Å². The normalized spacial score (nSPS) is 9.82. The molecule has 0 unspecified atom stereocenters. The van der Waals surface area contributed by atoms with Crippen molar-refractivity contribution in [3.8, 4) is 6.07 Å². The van der Waals surface area contributed by atoms with Crippen LogP contribution in [0.5, 0.6) is 0 Å². The van der Waals surface area contributed by atoms with Gasteiger partial charge in [0, 0.05) is 6.92 Å². The Hall–Kier alpha value is -3.07. The van der Waals surface area contributed by atoms with Crippen LogP contribution >= 0.6 is 0 Å². The maximum atomic E-state index is 12.0. The van der Waals surface area contributed by atoms with E-state index in [1.165, 1.54) is 18.1 Å². The summed E-state index contributed by atoms with van der Waals surface area (Å²) in [6, 6.07) is 12.2. The van der Waals surface area contributed by atoms with Gasteiger partial charge < -0.3 is 14.6 Å². The summed E-state index contributed by atoms with van der Waals surface area (Å²) in [5.74, 6) is -0.0182. The minimum Gasteiger partial charge on any atom is -0.467 e. The van der Waals surface area contributed by atoms with Crippen LogP contribution in [-0.2, 0) is 16.1 Å². The van der Waals surface area contributed by atoms with Crippen LogP contribution in [0.2, 0.25) is 0 Å². The summed E-state index contributed by atoms with van der Waals surface area (Å²) in [4.78, 5) is 25.1. The van der Waals surface area contributed by atoms with Gasteiger partial charge in [0.15, 0.2) is 0 Å². The number of hydrogen-bond acceptors (Lipinski definition) is 4. The van der Waals surface area contributed by atoms with Crippen LogP contribution < -0.4 is 10.2 Å². The minimum absolute atomic E-state index is 0.158. The van der Waals surface area contributed by atoms with Crippen LogP contribution in [0, 0.1) is 11.3 Å². The first-order valence-electron chi connectivity index (χ1n) is 6.68. The Labute approximate surface area is 127 Å². The summed E-state index contributed by atoms with van der Waals surface area (Å²) >= 11 is 0. The Morgan fingerprint density at radius 3 is 2.68 bits per heavy atom. The number of carbonyl (C=O) groups is 2. The molecule has 0 aliphatic carbocycles. The van der Waals surface area contributed by atoms with Gasteiger partial charge in [0.25, 0.3) is 0 Å². The Morgan fingerprint density at radius 2 is 2.05 bits per heavy atom. The van der Waals surface area contributed by atoms with E-state index >= 15 is 0 Å². The highest BCUT2D eigenvalue weighted by atomic mass is 16.3. The number of nitrogens with zero attached hydrogens (tertiary/aromatic N) is 2. The van der Waals surface area contributed by atoms with Gasteiger partial charge in [0.2, 0.25) is 11.8 Å². The van der Waals surface area contributed by atoms with Crippen molar-refractivity contribution >= 4 is 17.5 Å². The molecule has 0 bridgehead atoms. The molecule has 0 atom stereocenters. The highest BCUT2D eigenvalue weighted by Crippen LogP contribution is 2.19. The molecule has 22 heavy (non-hydrogen) atoms. The van der Waals surface area contributed by atoms with Crippen molar-refractivity contribution in [1.29, 1.82) is 5.26 Å². The van der Waals surface area contributed by atoms with Crippen molar-refractivity contribution in [3.63, 3.8) is 0 Å².